The number of hydrogen-bond donors (Lipinski definition) is 1. The fourth-order valence-electron chi connectivity index (χ4n) is 2.35. The largest absolute Gasteiger partial charge is 0.393 e. The second kappa shape index (κ2) is 5.80. The molecule has 1 saturated heterocycles. The van der Waals surface area contributed by atoms with E-state index in [0.717, 1.165) is 4.31 Å². The van der Waals surface area contributed by atoms with Crippen molar-refractivity contribution in [2.45, 2.75) is 23.9 Å². The highest BCUT2D eigenvalue weighted by Crippen LogP contribution is 2.35. The first-order chi connectivity index (χ1) is 9.76. The normalized spacial score (nSPS) is 21.2. The molecule has 0 spiro atoms. The second-order valence-corrected chi connectivity index (χ2v) is 6.75. The van der Waals surface area contributed by atoms with E-state index in [4.69, 9.17) is 0 Å². The molecule has 118 valence electrons. The van der Waals surface area contributed by atoms with Crippen molar-refractivity contribution in [1.82, 2.24) is 9.29 Å². The predicted octanol–water partition coefficient (Wildman–Crippen LogP) is 2.09. The topological polar surface area (TPSA) is 62.3 Å². The van der Waals surface area contributed by atoms with Gasteiger partial charge in [0.05, 0.1) is 5.92 Å². The molecular formula is C12H16F3N3O2S. The average molecular weight is 323 g/mol. The lowest BCUT2D eigenvalue weighted by molar-refractivity contribution is -0.182. The number of hydrogen-bond acceptors (Lipinski definition) is 4. The molecule has 1 unspecified atom stereocenters. The Labute approximate surface area is 121 Å². The van der Waals surface area contributed by atoms with E-state index >= 15 is 0 Å². The monoisotopic (exact) mass is 323 g/mol. The van der Waals surface area contributed by atoms with E-state index in [2.05, 4.69) is 10.3 Å². The molecule has 0 bridgehead atoms. The zero-order valence-electron chi connectivity index (χ0n) is 11.4. The number of rotatable bonds is 3. The van der Waals surface area contributed by atoms with Gasteiger partial charge in [-0.25, -0.2) is 13.4 Å². The van der Waals surface area contributed by atoms with Gasteiger partial charge in [0, 0.05) is 26.3 Å². The molecule has 1 aromatic heterocycles. The molecule has 1 N–H and O–H groups in total. The summed E-state index contributed by atoms with van der Waals surface area (Å²) in [6.07, 6.45) is -2.81. The first kappa shape index (κ1) is 16.0. The summed E-state index contributed by atoms with van der Waals surface area (Å²) in [6, 6.07) is 2.78. The van der Waals surface area contributed by atoms with E-state index in [1.54, 1.807) is 0 Å². The van der Waals surface area contributed by atoms with E-state index < -0.39 is 28.7 Å². The van der Waals surface area contributed by atoms with E-state index in [-0.39, 0.29) is 30.1 Å². The molecule has 1 fully saturated rings. The van der Waals surface area contributed by atoms with Gasteiger partial charge < -0.3 is 5.32 Å². The summed E-state index contributed by atoms with van der Waals surface area (Å²) in [4.78, 5) is 3.79. The quantitative estimate of drug-likeness (QED) is 0.925. The van der Waals surface area contributed by atoms with Gasteiger partial charge in [-0.15, -0.1) is 0 Å². The minimum absolute atomic E-state index is 0.0402. The Morgan fingerprint density at radius 2 is 2.14 bits per heavy atom. The number of sulfonamides is 1. The summed E-state index contributed by atoms with van der Waals surface area (Å²) in [7, 11) is -2.48. The van der Waals surface area contributed by atoms with Gasteiger partial charge in [-0.1, -0.05) is 0 Å². The predicted molar refractivity (Wildman–Crippen MR) is 71.3 cm³/mol. The summed E-state index contributed by atoms with van der Waals surface area (Å²) < 4.78 is 64.3. The number of nitrogens with zero attached hydrogens (tertiary/aromatic N) is 2. The standard InChI is InChI=1S/C12H16F3N3O2S/c1-16-11-10(5-2-6-17-11)21(19,20)18-7-3-4-9(8-18)12(13,14)15/h2,5-6,9H,3-4,7-8H2,1H3,(H,16,17). The lowest BCUT2D eigenvalue weighted by Crippen LogP contribution is -2.44. The lowest BCUT2D eigenvalue weighted by Gasteiger charge is -2.33. The number of halogens is 3. The van der Waals surface area contributed by atoms with E-state index in [0.29, 0.717) is 0 Å². The smallest absolute Gasteiger partial charge is 0.372 e. The highest BCUT2D eigenvalue weighted by Gasteiger charge is 2.44. The maximum atomic E-state index is 12.8. The van der Waals surface area contributed by atoms with Gasteiger partial charge >= 0.3 is 6.18 Å². The molecule has 5 nitrogen and oxygen atoms in total. The van der Waals surface area contributed by atoms with Gasteiger partial charge in [0.1, 0.15) is 10.7 Å². The van der Waals surface area contributed by atoms with E-state index in [9.17, 15) is 21.6 Å². The third-order valence-electron chi connectivity index (χ3n) is 3.47. The van der Waals surface area contributed by atoms with Crippen LogP contribution in [0.25, 0.3) is 0 Å². The van der Waals surface area contributed by atoms with Crippen molar-refractivity contribution in [2.75, 3.05) is 25.5 Å². The highest BCUT2D eigenvalue weighted by molar-refractivity contribution is 7.89. The Balaban J connectivity index is 2.31. The summed E-state index contributed by atoms with van der Waals surface area (Å²) in [5.74, 6) is -1.48. The van der Waals surface area contributed by atoms with Crippen LogP contribution < -0.4 is 5.32 Å². The van der Waals surface area contributed by atoms with E-state index in [1.807, 2.05) is 0 Å². The number of nitrogens with one attached hydrogen (secondary N) is 1. The van der Waals surface area contributed by atoms with Crippen LogP contribution in [0.4, 0.5) is 19.0 Å². The van der Waals surface area contributed by atoms with Crippen LogP contribution in [-0.4, -0.2) is 44.0 Å². The van der Waals surface area contributed by atoms with Crippen LogP contribution >= 0.6 is 0 Å². The SMILES string of the molecule is CNc1ncccc1S(=O)(=O)N1CCCC(C(F)(F)F)C1. The summed E-state index contributed by atoms with van der Waals surface area (Å²) in [6.45, 7) is -0.448. The van der Waals surface area contributed by atoms with Crippen LogP contribution in [0, 0.1) is 5.92 Å². The zero-order chi connectivity index (χ0) is 15.7. The first-order valence-corrected chi connectivity index (χ1v) is 7.90. The molecule has 21 heavy (non-hydrogen) atoms. The number of alkyl halides is 3. The van der Waals surface area contributed by atoms with Crippen molar-refractivity contribution < 1.29 is 21.6 Å². The highest BCUT2D eigenvalue weighted by atomic mass is 32.2. The fourth-order valence-corrected chi connectivity index (χ4v) is 4.03. The van der Waals surface area contributed by atoms with Gasteiger partial charge in [-0.2, -0.15) is 17.5 Å². The van der Waals surface area contributed by atoms with Crippen molar-refractivity contribution in [2.24, 2.45) is 5.92 Å². The Bertz CT molecular complexity index is 604. The Morgan fingerprint density at radius 3 is 2.76 bits per heavy atom. The van der Waals surface area contributed by atoms with Crippen LogP contribution in [0.2, 0.25) is 0 Å². The van der Waals surface area contributed by atoms with Gasteiger partial charge in [0.2, 0.25) is 10.0 Å². The molecule has 1 atom stereocenters. The summed E-state index contributed by atoms with van der Waals surface area (Å²) in [5.41, 5.74) is 0. The minimum atomic E-state index is -4.38. The first-order valence-electron chi connectivity index (χ1n) is 6.46. The number of piperidine rings is 1. The molecule has 2 rings (SSSR count). The van der Waals surface area contributed by atoms with Gasteiger partial charge in [0.25, 0.3) is 0 Å². The maximum Gasteiger partial charge on any atom is 0.393 e. The molecule has 1 aliphatic heterocycles. The van der Waals surface area contributed by atoms with Crippen molar-refractivity contribution in [3.05, 3.63) is 18.3 Å². The van der Waals surface area contributed by atoms with Crippen molar-refractivity contribution in [1.29, 1.82) is 0 Å². The van der Waals surface area contributed by atoms with Crippen molar-refractivity contribution >= 4 is 15.8 Å². The minimum Gasteiger partial charge on any atom is -0.372 e. The zero-order valence-corrected chi connectivity index (χ0v) is 12.2. The summed E-state index contributed by atoms with van der Waals surface area (Å²) in [5, 5.41) is 2.64. The lowest BCUT2D eigenvalue weighted by atomic mass is 9.99. The molecule has 2 heterocycles. The maximum absolute atomic E-state index is 12.8. The Hall–Kier alpha value is -1.35. The number of anilines is 1. The second-order valence-electron chi connectivity index (χ2n) is 4.84. The summed E-state index contributed by atoms with van der Waals surface area (Å²) >= 11 is 0. The number of pyridine rings is 1. The van der Waals surface area contributed by atoms with Gasteiger partial charge in [-0.05, 0) is 25.0 Å². The van der Waals surface area contributed by atoms with Crippen LogP contribution in [0.5, 0.6) is 0 Å². The third-order valence-corrected chi connectivity index (χ3v) is 5.37. The molecule has 0 aromatic carbocycles. The van der Waals surface area contributed by atoms with Gasteiger partial charge in [0.15, 0.2) is 0 Å². The van der Waals surface area contributed by atoms with Gasteiger partial charge in [-0.3, -0.25) is 0 Å². The molecule has 0 saturated carbocycles. The van der Waals surface area contributed by atoms with Crippen LogP contribution in [0.15, 0.2) is 23.2 Å². The average Bonchev–Trinajstić information content (AvgIpc) is 2.46. The Kier molecular flexibility index (Phi) is 4.43. The van der Waals surface area contributed by atoms with Crippen molar-refractivity contribution in [3.8, 4) is 0 Å². The third kappa shape index (κ3) is 3.29. The molecule has 0 radical (unpaired) electrons. The van der Waals surface area contributed by atoms with Crippen LogP contribution in [0.1, 0.15) is 12.8 Å². The molecule has 0 amide bonds. The molecule has 1 aromatic rings. The van der Waals surface area contributed by atoms with Crippen LogP contribution in [0.3, 0.4) is 0 Å². The number of aromatic nitrogens is 1. The van der Waals surface area contributed by atoms with Crippen molar-refractivity contribution in [3.63, 3.8) is 0 Å². The molecular weight excluding hydrogens is 307 g/mol. The van der Waals surface area contributed by atoms with Crippen LogP contribution in [-0.2, 0) is 10.0 Å². The fraction of sp³-hybridized carbons (Fsp3) is 0.583. The Morgan fingerprint density at radius 1 is 1.43 bits per heavy atom. The molecule has 9 heteroatoms. The molecule has 0 aliphatic carbocycles. The van der Waals surface area contributed by atoms with E-state index in [1.165, 1.54) is 25.4 Å². The molecule has 1 aliphatic rings.